The summed E-state index contributed by atoms with van der Waals surface area (Å²) >= 11 is 0. The quantitative estimate of drug-likeness (QED) is 0.456. The molecule has 3 heteroatoms. The Hall–Kier alpha value is -0.695. The van der Waals surface area contributed by atoms with Crippen LogP contribution in [0.25, 0.3) is 0 Å². The lowest BCUT2D eigenvalue weighted by molar-refractivity contribution is 0.567. The van der Waals surface area contributed by atoms with E-state index in [-0.39, 0.29) is 0 Å². The van der Waals surface area contributed by atoms with E-state index < -0.39 is 0 Å². The fourth-order valence-corrected chi connectivity index (χ4v) is 0.227. The molecule has 1 rings (SSSR count). The van der Waals surface area contributed by atoms with Crippen LogP contribution in [0.15, 0.2) is 29.1 Å². The summed E-state index contributed by atoms with van der Waals surface area (Å²) in [4.78, 5) is 0. The van der Waals surface area contributed by atoms with Gasteiger partial charge in [0, 0.05) is 0 Å². The Kier molecular flexibility index (Phi) is 4.78. The first-order chi connectivity index (χ1) is 3.50. The van der Waals surface area contributed by atoms with E-state index in [2.05, 4.69) is 4.42 Å². The fourth-order valence-electron chi connectivity index (χ4n) is 0.227. The summed E-state index contributed by atoms with van der Waals surface area (Å²) < 4.78 is 4.58. The van der Waals surface area contributed by atoms with Gasteiger partial charge in [-0.1, -0.05) is 0 Å². The summed E-state index contributed by atoms with van der Waals surface area (Å²) in [5, 5.41) is 7.00. The molecule has 1 aromatic heterocycles. The molecule has 0 spiro atoms. The number of hydrogen-bond donors (Lipinski definition) is 1. The average molecular weight is 97.9 g/mol. The highest BCUT2D eigenvalue weighted by Crippen LogP contribution is 1.79. The molecule has 0 bridgehead atoms. The predicted octanol–water partition coefficient (Wildman–Crippen LogP) is -0.194. The maximum absolute atomic E-state index is 7.00. The van der Waals surface area contributed by atoms with Crippen molar-refractivity contribution in [3.8, 4) is 0 Å². The van der Waals surface area contributed by atoms with E-state index >= 15 is 0 Å². The Morgan fingerprint density at radius 1 is 1.14 bits per heavy atom. The summed E-state index contributed by atoms with van der Waals surface area (Å²) in [6, 6.07) is 3.67. The summed E-state index contributed by atoms with van der Waals surface area (Å²) in [7, 11) is 1.00. The van der Waals surface area contributed by atoms with Gasteiger partial charge in [-0.25, -0.2) is 0 Å². The number of hydrogen-bond acceptors (Lipinski definition) is 2. The van der Waals surface area contributed by atoms with Crippen LogP contribution < -0.4 is 0 Å². The van der Waals surface area contributed by atoms with Gasteiger partial charge in [0.2, 0.25) is 0 Å². The topological polar surface area (TPSA) is 33.4 Å². The lowest BCUT2D eigenvalue weighted by atomic mass is 10.6. The van der Waals surface area contributed by atoms with E-state index in [0.717, 1.165) is 8.05 Å². The first-order valence-corrected chi connectivity index (χ1v) is 1.92. The van der Waals surface area contributed by atoms with Crippen LogP contribution in [0.4, 0.5) is 0 Å². The Morgan fingerprint density at radius 2 is 1.57 bits per heavy atom. The molecule has 38 valence electrons. The highest BCUT2D eigenvalue weighted by Gasteiger charge is 1.58. The van der Waals surface area contributed by atoms with Crippen LogP contribution in [0.5, 0.6) is 0 Å². The van der Waals surface area contributed by atoms with Crippen molar-refractivity contribution in [2.45, 2.75) is 0 Å². The summed E-state index contributed by atoms with van der Waals surface area (Å²) in [6.45, 7) is 0. The van der Waals surface area contributed by atoms with Crippen molar-refractivity contribution in [2.75, 3.05) is 0 Å². The van der Waals surface area contributed by atoms with Crippen LogP contribution in [-0.2, 0) is 0 Å². The van der Waals surface area contributed by atoms with Gasteiger partial charge in [0.15, 0.2) is 0 Å². The van der Waals surface area contributed by atoms with E-state index in [4.69, 9.17) is 5.02 Å². The minimum atomic E-state index is 1.00. The van der Waals surface area contributed by atoms with Crippen LogP contribution in [0.1, 0.15) is 0 Å². The van der Waals surface area contributed by atoms with Gasteiger partial charge in [-0.05, 0) is 12.1 Å². The third-order valence-corrected chi connectivity index (χ3v) is 0.425. The largest absolute Gasteiger partial charge is 0.473 e. The SMILES string of the molecule is BO.c1ccoc1. The number of rotatable bonds is 0. The number of furan rings is 1. The second-order valence-electron chi connectivity index (χ2n) is 0.793. The highest BCUT2D eigenvalue weighted by molar-refractivity contribution is 5.95. The molecule has 0 fully saturated rings. The van der Waals surface area contributed by atoms with E-state index in [1.54, 1.807) is 12.5 Å². The Balaban J connectivity index is 0.000000162. The third-order valence-electron chi connectivity index (χ3n) is 0.425. The lowest BCUT2D eigenvalue weighted by Crippen LogP contribution is -1.34. The third kappa shape index (κ3) is 3.13. The van der Waals surface area contributed by atoms with Crippen LogP contribution in [0.3, 0.4) is 0 Å². The Morgan fingerprint density at radius 3 is 1.71 bits per heavy atom. The molecule has 0 aromatic carbocycles. The molecule has 0 saturated heterocycles. The fraction of sp³-hybridized carbons (Fsp3) is 0. The molecule has 1 aromatic rings. The molecule has 0 radical (unpaired) electrons. The highest BCUT2D eigenvalue weighted by atomic mass is 16.3. The second kappa shape index (κ2) is 5.30. The maximum atomic E-state index is 7.00. The Bertz CT molecular complexity index is 66.2. The first-order valence-electron chi connectivity index (χ1n) is 1.92. The zero-order valence-corrected chi connectivity index (χ0v) is 4.16. The van der Waals surface area contributed by atoms with Crippen molar-refractivity contribution >= 4 is 8.05 Å². The smallest absolute Gasteiger partial charge is 0.252 e. The van der Waals surface area contributed by atoms with Crippen LogP contribution in [-0.4, -0.2) is 13.1 Å². The molecule has 2 nitrogen and oxygen atoms in total. The van der Waals surface area contributed by atoms with Crippen molar-refractivity contribution in [3.05, 3.63) is 24.7 Å². The van der Waals surface area contributed by atoms with Crippen LogP contribution in [0.2, 0.25) is 0 Å². The first kappa shape index (κ1) is 6.30. The van der Waals surface area contributed by atoms with Gasteiger partial charge in [0.05, 0.1) is 12.5 Å². The van der Waals surface area contributed by atoms with E-state index in [1.807, 2.05) is 12.1 Å². The monoisotopic (exact) mass is 98.1 g/mol. The van der Waals surface area contributed by atoms with Gasteiger partial charge >= 0.3 is 0 Å². The van der Waals surface area contributed by atoms with Crippen LogP contribution in [0, 0.1) is 0 Å². The van der Waals surface area contributed by atoms with Gasteiger partial charge in [-0.3, -0.25) is 0 Å². The molecule has 0 aliphatic heterocycles. The average Bonchev–Trinajstić information content (AvgIpc) is 2.23. The zero-order valence-electron chi connectivity index (χ0n) is 4.16. The molecule has 1 heterocycles. The van der Waals surface area contributed by atoms with Crippen LogP contribution >= 0.6 is 0 Å². The van der Waals surface area contributed by atoms with Gasteiger partial charge in [0.25, 0.3) is 8.05 Å². The van der Waals surface area contributed by atoms with Gasteiger partial charge < -0.3 is 9.44 Å². The van der Waals surface area contributed by atoms with E-state index in [9.17, 15) is 0 Å². The van der Waals surface area contributed by atoms with Crippen molar-refractivity contribution in [1.29, 1.82) is 0 Å². The normalized spacial score (nSPS) is 6.43. The van der Waals surface area contributed by atoms with Crippen molar-refractivity contribution in [3.63, 3.8) is 0 Å². The molecular weight excluding hydrogens is 90.9 g/mol. The molecule has 0 atom stereocenters. The van der Waals surface area contributed by atoms with Crippen molar-refractivity contribution in [1.82, 2.24) is 0 Å². The van der Waals surface area contributed by atoms with Crippen molar-refractivity contribution in [2.24, 2.45) is 0 Å². The molecule has 0 aliphatic rings. The van der Waals surface area contributed by atoms with Gasteiger partial charge in [-0.15, -0.1) is 0 Å². The van der Waals surface area contributed by atoms with Crippen molar-refractivity contribution < 1.29 is 9.44 Å². The molecular formula is C4H7BO2. The minimum Gasteiger partial charge on any atom is -0.473 e. The Labute approximate surface area is 43.2 Å². The predicted molar refractivity (Wildman–Crippen MR) is 29.5 cm³/mol. The summed E-state index contributed by atoms with van der Waals surface area (Å²) in [5.41, 5.74) is 0. The minimum absolute atomic E-state index is 1.00. The maximum Gasteiger partial charge on any atom is 0.252 e. The molecule has 0 aliphatic carbocycles. The van der Waals surface area contributed by atoms with E-state index in [1.165, 1.54) is 0 Å². The summed E-state index contributed by atoms with van der Waals surface area (Å²) in [6.07, 6.45) is 3.25. The summed E-state index contributed by atoms with van der Waals surface area (Å²) in [5.74, 6) is 0. The molecule has 0 amide bonds. The zero-order chi connectivity index (χ0) is 5.54. The standard InChI is InChI=1S/C4H4O.BH3O/c1-2-4-5-3-1;1-2/h1-4H;2H,1H2. The molecule has 0 saturated carbocycles. The molecule has 0 unspecified atom stereocenters. The molecule has 7 heavy (non-hydrogen) atoms. The van der Waals surface area contributed by atoms with E-state index in [0.29, 0.717) is 0 Å². The lowest BCUT2D eigenvalue weighted by Gasteiger charge is -1.50. The second-order valence-corrected chi connectivity index (χ2v) is 0.793. The van der Waals surface area contributed by atoms with Gasteiger partial charge in [-0.2, -0.15) is 0 Å². The molecule has 1 N–H and O–H groups in total. The van der Waals surface area contributed by atoms with Gasteiger partial charge in [0.1, 0.15) is 0 Å².